The van der Waals surface area contributed by atoms with Crippen molar-refractivity contribution in [3.8, 4) is 0 Å². The number of hydrogen-bond acceptors (Lipinski definition) is 0. The van der Waals surface area contributed by atoms with Crippen LogP contribution in [-0.2, 0) is 0 Å². The van der Waals surface area contributed by atoms with E-state index < -0.39 is 11.8 Å². The van der Waals surface area contributed by atoms with E-state index in [1.54, 1.807) is 0 Å². The molecule has 30 heavy (non-hydrogen) atoms. The molecule has 0 unspecified atom stereocenters. The molecule has 180 valence electrons. The second-order valence-electron chi connectivity index (χ2n) is 12.2. The lowest BCUT2D eigenvalue weighted by molar-refractivity contribution is 0.0344. The molecule has 4 fully saturated rings. The zero-order valence-electron chi connectivity index (χ0n) is 21.5. The van der Waals surface area contributed by atoms with Gasteiger partial charge in [-0.3, -0.25) is 4.39 Å². The lowest BCUT2D eigenvalue weighted by atomic mass is 9.93. The van der Waals surface area contributed by atoms with E-state index >= 15 is 0 Å². The first-order chi connectivity index (χ1) is 13.8. The third-order valence-electron chi connectivity index (χ3n) is 8.79. The topological polar surface area (TPSA) is 0 Å². The summed E-state index contributed by atoms with van der Waals surface area (Å²) in [4.78, 5) is 0. The standard InChI is InChI=1S/C7H12F2.C7H13F.C7H14.C6H12/c1-5(2)7(3-4-7)6(8)9;1-6(2)7(5-8)3-4-7;1-6(2)7(3)4-5-7;1-5(2)6-3-4-6/h5-6H,3-4H2,1-2H3;6H,3-5H2,1-2H3;6H,4-5H2,1-3H3;5-6H,3-4H2,1-2H3. The fraction of sp³-hybridized carbons (Fsp3) is 1.00. The highest BCUT2D eigenvalue weighted by Crippen LogP contribution is 2.56. The zero-order valence-corrected chi connectivity index (χ0v) is 21.5. The molecule has 0 heterocycles. The van der Waals surface area contributed by atoms with Crippen LogP contribution in [0.3, 0.4) is 0 Å². The van der Waals surface area contributed by atoms with E-state index in [1.807, 2.05) is 13.8 Å². The summed E-state index contributed by atoms with van der Waals surface area (Å²) in [5, 5.41) is 0. The molecule has 0 amide bonds. The molecule has 0 aromatic heterocycles. The molecule has 0 aromatic rings. The van der Waals surface area contributed by atoms with Crippen LogP contribution in [0.4, 0.5) is 13.2 Å². The van der Waals surface area contributed by atoms with Crippen LogP contribution in [-0.4, -0.2) is 13.1 Å². The SMILES string of the molecule is CC(C)C1(C(F)F)CC1.CC(C)C1(C)CC1.CC(C)C1(CF)CC1.CC(C)C1CC1. The van der Waals surface area contributed by atoms with Gasteiger partial charge in [0.1, 0.15) is 0 Å². The minimum absolute atomic E-state index is 0.106. The molecule has 0 bridgehead atoms. The zero-order chi connectivity index (χ0) is 23.3. The first kappa shape index (κ1) is 27.8. The van der Waals surface area contributed by atoms with Gasteiger partial charge in [-0.1, -0.05) is 62.3 Å². The molecule has 0 spiro atoms. The molecule has 4 rings (SSSR count). The monoisotopic (exact) mass is 432 g/mol. The van der Waals surface area contributed by atoms with Gasteiger partial charge in [-0.05, 0) is 86.4 Å². The summed E-state index contributed by atoms with van der Waals surface area (Å²) in [6.45, 7) is 19.5. The average molecular weight is 433 g/mol. The maximum atomic E-state index is 12.1. The number of alkyl halides is 3. The van der Waals surface area contributed by atoms with E-state index in [0.717, 1.165) is 48.9 Å². The molecule has 0 atom stereocenters. The highest BCUT2D eigenvalue weighted by Gasteiger charge is 2.53. The summed E-state index contributed by atoms with van der Waals surface area (Å²) in [6.07, 6.45) is 7.50. The molecule has 0 saturated heterocycles. The van der Waals surface area contributed by atoms with Crippen molar-refractivity contribution in [3.05, 3.63) is 0 Å². The van der Waals surface area contributed by atoms with Gasteiger partial charge in [-0.15, -0.1) is 0 Å². The summed E-state index contributed by atoms with van der Waals surface area (Å²) >= 11 is 0. The minimum atomic E-state index is -2.10. The van der Waals surface area contributed by atoms with E-state index in [0.29, 0.717) is 5.92 Å². The predicted octanol–water partition coefficient (Wildman–Crippen LogP) is 9.57. The van der Waals surface area contributed by atoms with Crippen LogP contribution in [0.5, 0.6) is 0 Å². The van der Waals surface area contributed by atoms with Gasteiger partial charge in [0.15, 0.2) is 0 Å². The first-order valence-electron chi connectivity index (χ1n) is 12.6. The Morgan fingerprint density at radius 1 is 0.700 bits per heavy atom. The molecule has 0 nitrogen and oxygen atoms in total. The average Bonchev–Trinajstić information content (AvgIpc) is 3.52. The van der Waals surface area contributed by atoms with Crippen LogP contribution in [0.25, 0.3) is 0 Å². The largest absolute Gasteiger partial charge is 0.250 e. The van der Waals surface area contributed by atoms with Crippen LogP contribution in [0.1, 0.15) is 114 Å². The molecule has 3 heteroatoms. The highest BCUT2D eigenvalue weighted by atomic mass is 19.3. The van der Waals surface area contributed by atoms with Gasteiger partial charge in [0.05, 0.1) is 6.67 Å². The van der Waals surface area contributed by atoms with Crippen LogP contribution in [0.2, 0.25) is 0 Å². The fourth-order valence-corrected chi connectivity index (χ4v) is 3.76. The summed E-state index contributed by atoms with van der Waals surface area (Å²) in [5.74, 6) is 3.67. The van der Waals surface area contributed by atoms with Gasteiger partial charge >= 0.3 is 0 Å². The minimum Gasteiger partial charge on any atom is -0.250 e. The normalized spacial score (nSPS) is 23.9. The molecule has 4 saturated carbocycles. The van der Waals surface area contributed by atoms with E-state index in [2.05, 4.69) is 48.5 Å². The van der Waals surface area contributed by atoms with E-state index in [9.17, 15) is 13.2 Å². The first-order valence-corrected chi connectivity index (χ1v) is 12.6. The Hall–Kier alpha value is -0.210. The third kappa shape index (κ3) is 8.38. The predicted molar refractivity (Wildman–Crippen MR) is 125 cm³/mol. The number of halogens is 3. The molecule has 4 aliphatic rings. The quantitative estimate of drug-likeness (QED) is 0.392. The molecule has 0 radical (unpaired) electrons. The second kappa shape index (κ2) is 11.1. The van der Waals surface area contributed by atoms with Crippen molar-refractivity contribution in [1.82, 2.24) is 0 Å². The Morgan fingerprint density at radius 2 is 1.17 bits per heavy atom. The highest BCUT2D eigenvalue weighted by molar-refractivity contribution is 4.97. The van der Waals surface area contributed by atoms with Crippen molar-refractivity contribution in [2.24, 2.45) is 45.8 Å². The van der Waals surface area contributed by atoms with Crippen LogP contribution >= 0.6 is 0 Å². The molecule has 4 aliphatic carbocycles. The van der Waals surface area contributed by atoms with Crippen molar-refractivity contribution in [3.63, 3.8) is 0 Å². The number of rotatable bonds is 6. The van der Waals surface area contributed by atoms with Gasteiger partial charge in [-0.2, -0.15) is 0 Å². The van der Waals surface area contributed by atoms with E-state index in [1.165, 1.54) is 25.7 Å². The van der Waals surface area contributed by atoms with Crippen molar-refractivity contribution in [1.29, 1.82) is 0 Å². The lowest BCUT2D eigenvalue weighted by Gasteiger charge is -2.17. The van der Waals surface area contributed by atoms with E-state index in [4.69, 9.17) is 0 Å². The summed E-state index contributed by atoms with van der Waals surface area (Å²) in [5.41, 5.74) is 0.292. The van der Waals surface area contributed by atoms with Gasteiger partial charge in [0.25, 0.3) is 0 Å². The van der Waals surface area contributed by atoms with Crippen molar-refractivity contribution in [2.75, 3.05) is 6.67 Å². The van der Waals surface area contributed by atoms with E-state index in [-0.39, 0.29) is 18.0 Å². The Labute approximate surface area is 186 Å². The maximum absolute atomic E-state index is 12.1. The molecular formula is C27H51F3. The van der Waals surface area contributed by atoms with Crippen molar-refractivity contribution < 1.29 is 13.2 Å². The molecule has 0 N–H and O–H groups in total. The lowest BCUT2D eigenvalue weighted by Crippen LogP contribution is -2.18. The van der Waals surface area contributed by atoms with Gasteiger partial charge in [0.2, 0.25) is 6.43 Å². The summed E-state index contributed by atoms with van der Waals surface area (Å²) in [7, 11) is 0. The van der Waals surface area contributed by atoms with Crippen LogP contribution in [0, 0.1) is 45.8 Å². The summed E-state index contributed by atoms with van der Waals surface area (Å²) in [6, 6.07) is 0. The Balaban J connectivity index is 0.000000202. The van der Waals surface area contributed by atoms with Crippen molar-refractivity contribution >= 4 is 0 Å². The van der Waals surface area contributed by atoms with Gasteiger partial charge in [0, 0.05) is 10.8 Å². The van der Waals surface area contributed by atoms with Crippen LogP contribution in [0.15, 0.2) is 0 Å². The molecule has 0 aromatic carbocycles. The smallest absolute Gasteiger partial charge is 0.244 e. The second-order valence-corrected chi connectivity index (χ2v) is 12.2. The molecule has 0 aliphatic heterocycles. The van der Waals surface area contributed by atoms with Crippen LogP contribution < -0.4 is 0 Å². The van der Waals surface area contributed by atoms with Gasteiger partial charge in [-0.25, -0.2) is 8.78 Å². The van der Waals surface area contributed by atoms with Gasteiger partial charge < -0.3 is 0 Å². The third-order valence-corrected chi connectivity index (χ3v) is 8.79. The number of hydrogen-bond donors (Lipinski definition) is 0. The summed E-state index contributed by atoms with van der Waals surface area (Å²) < 4.78 is 36.3. The maximum Gasteiger partial charge on any atom is 0.244 e. The fourth-order valence-electron chi connectivity index (χ4n) is 3.76. The molecular weight excluding hydrogens is 381 g/mol. The Morgan fingerprint density at radius 3 is 1.17 bits per heavy atom. The van der Waals surface area contributed by atoms with Crippen molar-refractivity contribution in [2.45, 2.75) is 120 Å². The Bertz CT molecular complexity index is 466. The Kier molecular flexibility index (Phi) is 10.3.